The fraction of sp³-hybridized carbons (Fsp3) is 0.375. The first-order valence-electron chi connectivity index (χ1n) is 7.92. The van der Waals surface area contributed by atoms with E-state index in [9.17, 15) is 26.4 Å². The van der Waals surface area contributed by atoms with Crippen LogP contribution in [0.25, 0.3) is 0 Å². The van der Waals surface area contributed by atoms with Crippen LogP contribution in [0, 0.1) is 0 Å². The van der Waals surface area contributed by atoms with Crippen molar-refractivity contribution in [1.29, 1.82) is 0 Å². The Balaban J connectivity index is 1.65. The van der Waals surface area contributed by atoms with Gasteiger partial charge in [-0.3, -0.25) is 4.79 Å². The lowest BCUT2D eigenvalue weighted by Gasteiger charge is -2.10. The number of nitrogens with zero attached hydrogens (tertiary/aromatic N) is 2. The van der Waals surface area contributed by atoms with E-state index >= 15 is 0 Å². The van der Waals surface area contributed by atoms with Crippen LogP contribution in [-0.2, 0) is 22.7 Å². The third kappa shape index (κ3) is 4.31. The number of benzene rings is 1. The van der Waals surface area contributed by atoms with Gasteiger partial charge >= 0.3 is 6.18 Å². The summed E-state index contributed by atoms with van der Waals surface area (Å²) < 4.78 is 65.4. The third-order valence-electron chi connectivity index (χ3n) is 3.99. The van der Waals surface area contributed by atoms with Crippen LogP contribution in [0.4, 0.5) is 13.2 Å². The number of halogens is 3. The molecule has 3 rings (SSSR count). The van der Waals surface area contributed by atoms with Crippen molar-refractivity contribution in [1.82, 2.24) is 14.5 Å². The number of alkyl halides is 3. The molecule has 1 heterocycles. The molecule has 6 nitrogen and oxygen atoms in total. The second-order valence-corrected chi connectivity index (χ2v) is 7.78. The number of aromatic nitrogens is 2. The molecule has 140 valence electrons. The summed E-state index contributed by atoms with van der Waals surface area (Å²) in [6.45, 7) is -0.0797. The van der Waals surface area contributed by atoms with Gasteiger partial charge in [0.15, 0.2) is 0 Å². The molecule has 0 spiro atoms. The minimum Gasteiger partial charge on any atom is -0.268 e. The zero-order valence-corrected chi connectivity index (χ0v) is 14.3. The minimum atomic E-state index is -4.53. The van der Waals surface area contributed by atoms with Crippen molar-refractivity contribution in [2.45, 2.75) is 36.4 Å². The molecule has 0 amide bonds. The predicted octanol–water partition coefficient (Wildman–Crippen LogP) is 2.12. The Hall–Kier alpha value is -2.20. The van der Waals surface area contributed by atoms with Gasteiger partial charge in [-0.1, -0.05) is 0 Å². The van der Waals surface area contributed by atoms with Gasteiger partial charge in [-0.2, -0.15) is 18.3 Å². The highest BCUT2D eigenvalue weighted by atomic mass is 32.2. The fourth-order valence-corrected chi connectivity index (χ4v) is 3.44. The van der Waals surface area contributed by atoms with Crippen molar-refractivity contribution >= 4 is 10.0 Å². The summed E-state index contributed by atoms with van der Waals surface area (Å²) in [4.78, 5) is 11.5. The van der Waals surface area contributed by atoms with Gasteiger partial charge in [0.2, 0.25) is 10.0 Å². The lowest BCUT2D eigenvalue weighted by atomic mass is 10.2. The van der Waals surface area contributed by atoms with E-state index in [4.69, 9.17) is 0 Å². The number of hydrogen-bond donors (Lipinski definition) is 1. The maximum absolute atomic E-state index is 12.5. The highest BCUT2D eigenvalue weighted by Crippen LogP contribution is 2.38. The first-order chi connectivity index (χ1) is 12.2. The van der Waals surface area contributed by atoms with Gasteiger partial charge in [0.05, 0.1) is 22.7 Å². The topological polar surface area (TPSA) is 81.1 Å². The Morgan fingerprint density at radius 3 is 2.35 bits per heavy atom. The number of sulfonamides is 1. The van der Waals surface area contributed by atoms with Gasteiger partial charge < -0.3 is 0 Å². The first kappa shape index (κ1) is 18.6. The van der Waals surface area contributed by atoms with Gasteiger partial charge in [-0.05, 0) is 43.2 Å². The van der Waals surface area contributed by atoms with Crippen LogP contribution in [0.2, 0.25) is 0 Å². The van der Waals surface area contributed by atoms with Crippen molar-refractivity contribution in [2.24, 2.45) is 0 Å². The van der Waals surface area contributed by atoms with Crippen LogP contribution >= 0.6 is 0 Å². The molecule has 26 heavy (non-hydrogen) atoms. The van der Waals surface area contributed by atoms with Crippen molar-refractivity contribution in [3.05, 3.63) is 58.0 Å². The van der Waals surface area contributed by atoms with Gasteiger partial charge in [0.25, 0.3) is 5.56 Å². The van der Waals surface area contributed by atoms with E-state index in [1.54, 1.807) is 6.07 Å². The van der Waals surface area contributed by atoms with E-state index in [1.807, 2.05) is 0 Å². The van der Waals surface area contributed by atoms with Crippen LogP contribution in [0.15, 0.2) is 46.1 Å². The summed E-state index contributed by atoms with van der Waals surface area (Å²) in [7, 11) is -3.98. The third-order valence-corrected chi connectivity index (χ3v) is 5.47. The van der Waals surface area contributed by atoms with E-state index in [1.165, 1.54) is 10.7 Å². The highest BCUT2D eigenvalue weighted by molar-refractivity contribution is 7.89. The van der Waals surface area contributed by atoms with Crippen molar-refractivity contribution in [3.8, 4) is 0 Å². The first-order valence-corrected chi connectivity index (χ1v) is 9.40. The standard InChI is InChI=1S/C16H16F3N3O3S/c17-16(18,19)12-3-5-13(6-4-12)26(24,25)20-9-10-22-15(23)8-7-14(21-22)11-1-2-11/h3-8,11,20H,1-2,9-10H2. The van der Waals surface area contributed by atoms with E-state index in [0.717, 1.165) is 30.7 Å². The SMILES string of the molecule is O=c1ccc(C2CC2)nn1CCNS(=O)(=O)c1ccc(C(F)(F)F)cc1. The molecular formula is C16H16F3N3O3S. The molecule has 0 radical (unpaired) electrons. The van der Waals surface area contributed by atoms with Crippen molar-refractivity contribution in [3.63, 3.8) is 0 Å². The number of nitrogens with one attached hydrogen (secondary N) is 1. The average Bonchev–Trinajstić information content (AvgIpc) is 3.41. The van der Waals surface area contributed by atoms with Crippen LogP contribution < -0.4 is 10.3 Å². The highest BCUT2D eigenvalue weighted by Gasteiger charge is 2.30. The zero-order valence-electron chi connectivity index (χ0n) is 13.5. The van der Waals surface area contributed by atoms with Crippen LogP contribution in [0.5, 0.6) is 0 Å². The molecule has 0 unspecified atom stereocenters. The molecule has 1 fully saturated rings. The lowest BCUT2D eigenvalue weighted by Crippen LogP contribution is -2.32. The summed E-state index contributed by atoms with van der Waals surface area (Å²) in [5.41, 5.74) is -0.470. The number of rotatable bonds is 6. The van der Waals surface area contributed by atoms with Gasteiger partial charge in [0.1, 0.15) is 0 Å². The van der Waals surface area contributed by atoms with Crippen molar-refractivity contribution in [2.75, 3.05) is 6.54 Å². The van der Waals surface area contributed by atoms with Gasteiger partial charge in [-0.25, -0.2) is 17.8 Å². The second kappa shape index (κ2) is 6.84. The van der Waals surface area contributed by atoms with E-state index in [0.29, 0.717) is 18.1 Å². The number of hydrogen-bond acceptors (Lipinski definition) is 4. The molecule has 1 N–H and O–H groups in total. The summed E-state index contributed by atoms with van der Waals surface area (Å²) in [6, 6.07) is 6.26. The molecule has 1 saturated carbocycles. The largest absolute Gasteiger partial charge is 0.416 e. The molecule has 1 aromatic carbocycles. The van der Waals surface area contributed by atoms with E-state index < -0.39 is 21.8 Å². The maximum atomic E-state index is 12.5. The Kier molecular flexibility index (Phi) is 4.89. The fourth-order valence-electron chi connectivity index (χ4n) is 2.41. The predicted molar refractivity (Wildman–Crippen MR) is 87.1 cm³/mol. The normalized spacial score (nSPS) is 15.2. The minimum absolute atomic E-state index is 0.0270. The Morgan fingerprint density at radius 1 is 1.12 bits per heavy atom. The summed E-state index contributed by atoms with van der Waals surface area (Å²) >= 11 is 0. The Morgan fingerprint density at radius 2 is 1.77 bits per heavy atom. The Labute approximate surface area is 147 Å². The smallest absolute Gasteiger partial charge is 0.268 e. The van der Waals surface area contributed by atoms with E-state index in [2.05, 4.69) is 9.82 Å². The molecule has 0 bridgehead atoms. The molecule has 2 aromatic rings. The molecule has 1 aromatic heterocycles. The summed E-state index contributed by atoms with van der Waals surface area (Å²) in [5.74, 6) is 0.352. The molecule has 1 aliphatic rings. The molecular weight excluding hydrogens is 371 g/mol. The van der Waals surface area contributed by atoms with Crippen LogP contribution in [0.1, 0.15) is 30.0 Å². The van der Waals surface area contributed by atoms with Gasteiger partial charge in [0, 0.05) is 18.5 Å². The average molecular weight is 387 g/mol. The maximum Gasteiger partial charge on any atom is 0.416 e. The van der Waals surface area contributed by atoms with E-state index in [-0.39, 0.29) is 23.5 Å². The molecule has 1 aliphatic carbocycles. The monoisotopic (exact) mass is 387 g/mol. The lowest BCUT2D eigenvalue weighted by molar-refractivity contribution is -0.137. The molecule has 0 saturated heterocycles. The quantitative estimate of drug-likeness (QED) is 0.823. The molecule has 0 atom stereocenters. The van der Waals surface area contributed by atoms with Crippen LogP contribution in [0.3, 0.4) is 0 Å². The van der Waals surface area contributed by atoms with Crippen molar-refractivity contribution < 1.29 is 21.6 Å². The zero-order chi connectivity index (χ0) is 18.9. The Bertz CT molecular complexity index is 949. The summed E-state index contributed by atoms with van der Waals surface area (Å²) in [5, 5.41) is 4.21. The second-order valence-electron chi connectivity index (χ2n) is 6.01. The van der Waals surface area contributed by atoms with Crippen LogP contribution in [-0.4, -0.2) is 24.7 Å². The van der Waals surface area contributed by atoms with Gasteiger partial charge in [-0.15, -0.1) is 0 Å². The molecule has 10 heteroatoms. The summed E-state index contributed by atoms with van der Waals surface area (Å²) in [6.07, 6.45) is -2.49. The molecule has 0 aliphatic heterocycles.